The van der Waals surface area contributed by atoms with Crippen LogP contribution in [0.15, 0.2) is 16.8 Å². The molecule has 0 aromatic carbocycles. The van der Waals surface area contributed by atoms with Crippen LogP contribution in [-0.4, -0.2) is 56.5 Å². The number of amides is 1. The first-order chi connectivity index (χ1) is 13.1. The Kier molecular flexibility index (Phi) is 6.60. The van der Waals surface area contributed by atoms with Crippen molar-refractivity contribution < 1.29 is 14.1 Å². The molecular formula is C19H29N5O3. The first kappa shape index (κ1) is 19.5. The van der Waals surface area contributed by atoms with Crippen molar-refractivity contribution in [2.45, 2.75) is 59.1 Å². The van der Waals surface area contributed by atoms with E-state index in [0.29, 0.717) is 56.0 Å². The first-order valence-corrected chi connectivity index (χ1v) is 9.81. The van der Waals surface area contributed by atoms with Crippen molar-refractivity contribution in [2.75, 3.05) is 19.7 Å². The largest absolute Gasteiger partial charge is 0.378 e. The highest BCUT2D eigenvalue weighted by molar-refractivity contribution is 5.92. The van der Waals surface area contributed by atoms with Crippen molar-refractivity contribution in [3.05, 3.63) is 29.7 Å². The van der Waals surface area contributed by atoms with E-state index in [-0.39, 0.29) is 12.0 Å². The fourth-order valence-electron chi connectivity index (χ4n) is 3.29. The van der Waals surface area contributed by atoms with Crippen LogP contribution in [0.5, 0.6) is 0 Å². The van der Waals surface area contributed by atoms with Gasteiger partial charge >= 0.3 is 0 Å². The minimum absolute atomic E-state index is 0.0530. The molecule has 3 heterocycles. The van der Waals surface area contributed by atoms with Crippen LogP contribution >= 0.6 is 0 Å². The number of carbonyl (C=O) groups excluding carboxylic acids is 1. The highest BCUT2D eigenvalue weighted by Gasteiger charge is 2.25. The van der Waals surface area contributed by atoms with Gasteiger partial charge in [0.15, 0.2) is 5.82 Å². The Labute approximate surface area is 159 Å². The van der Waals surface area contributed by atoms with Crippen molar-refractivity contribution in [2.24, 2.45) is 5.92 Å². The molecule has 0 aliphatic carbocycles. The number of ether oxygens (including phenoxy) is 1. The molecule has 0 saturated carbocycles. The molecule has 1 fully saturated rings. The second-order valence-electron chi connectivity index (χ2n) is 7.35. The molecule has 2 aromatic heterocycles. The number of rotatable bonds is 8. The summed E-state index contributed by atoms with van der Waals surface area (Å²) in [6.45, 7) is 8.92. The van der Waals surface area contributed by atoms with E-state index in [2.05, 4.69) is 29.1 Å². The normalized spacial score (nSPS) is 15.6. The molecule has 0 N–H and O–H groups in total. The van der Waals surface area contributed by atoms with Crippen molar-refractivity contribution >= 4 is 5.91 Å². The molecule has 1 aliphatic heterocycles. The zero-order chi connectivity index (χ0) is 19.2. The molecular weight excluding hydrogens is 346 g/mol. The van der Waals surface area contributed by atoms with Gasteiger partial charge in [0.1, 0.15) is 5.69 Å². The standard InChI is InChI=1S/C19H29N5O3/c1-4-24-16(5-9-20-24)19(25)23-10-6-15(7-11-23)26-12-8-17-21-18(27-22-17)13-14(2)3/h5,9,14-15H,4,6-8,10-13H2,1-3H3. The van der Waals surface area contributed by atoms with Crippen LogP contribution in [0.1, 0.15) is 55.8 Å². The maximum Gasteiger partial charge on any atom is 0.272 e. The molecule has 1 aliphatic rings. The summed E-state index contributed by atoms with van der Waals surface area (Å²) >= 11 is 0. The number of aryl methyl sites for hydroxylation is 1. The number of hydrogen-bond acceptors (Lipinski definition) is 6. The third-order valence-electron chi connectivity index (χ3n) is 4.74. The number of nitrogens with zero attached hydrogens (tertiary/aromatic N) is 5. The van der Waals surface area contributed by atoms with Gasteiger partial charge in [-0.2, -0.15) is 10.1 Å². The molecule has 148 valence electrons. The number of aromatic nitrogens is 4. The quantitative estimate of drug-likeness (QED) is 0.704. The van der Waals surface area contributed by atoms with E-state index in [1.807, 2.05) is 11.8 Å². The SMILES string of the molecule is CCn1nccc1C(=O)N1CCC(OCCc2noc(CC(C)C)n2)CC1. The Hall–Kier alpha value is -2.22. The van der Waals surface area contributed by atoms with Crippen LogP contribution in [0, 0.1) is 5.92 Å². The predicted octanol–water partition coefficient (Wildman–Crippen LogP) is 2.35. The highest BCUT2D eigenvalue weighted by atomic mass is 16.5. The van der Waals surface area contributed by atoms with Crippen LogP contribution in [0.25, 0.3) is 0 Å². The Bertz CT molecular complexity index is 731. The number of piperidine rings is 1. The van der Waals surface area contributed by atoms with Gasteiger partial charge in [-0.1, -0.05) is 19.0 Å². The lowest BCUT2D eigenvalue weighted by Gasteiger charge is -2.32. The van der Waals surface area contributed by atoms with E-state index in [1.165, 1.54) is 0 Å². The van der Waals surface area contributed by atoms with Gasteiger partial charge in [-0.15, -0.1) is 0 Å². The average molecular weight is 375 g/mol. The van der Waals surface area contributed by atoms with Crippen LogP contribution in [0.3, 0.4) is 0 Å². The van der Waals surface area contributed by atoms with Gasteiger partial charge in [0.25, 0.3) is 5.91 Å². The van der Waals surface area contributed by atoms with Crippen LogP contribution in [-0.2, 0) is 24.1 Å². The molecule has 0 bridgehead atoms. The second-order valence-corrected chi connectivity index (χ2v) is 7.35. The second kappa shape index (κ2) is 9.12. The smallest absolute Gasteiger partial charge is 0.272 e. The van der Waals surface area contributed by atoms with Crippen molar-refractivity contribution in [1.82, 2.24) is 24.8 Å². The lowest BCUT2D eigenvalue weighted by Crippen LogP contribution is -2.41. The summed E-state index contributed by atoms with van der Waals surface area (Å²) in [5.41, 5.74) is 0.658. The first-order valence-electron chi connectivity index (χ1n) is 9.81. The van der Waals surface area contributed by atoms with Gasteiger partial charge in [-0.05, 0) is 31.7 Å². The van der Waals surface area contributed by atoms with E-state index < -0.39 is 0 Å². The Morgan fingerprint density at radius 3 is 2.85 bits per heavy atom. The summed E-state index contributed by atoms with van der Waals surface area (Å²) in [4.78, 5) is 18.9. The fraction of sp³-hybridized carbons (Fsp3) is 0.684. The summed E-state index contributed by atoms with van der Waals surface area (Å²) in [6, 6.07) is 1.78. The van der Waals surface area contributed by atoms with Gasteiger partial charge < -0.3 is 14.2 Å². The Balaban J connectivity index is 1.39. The zero-order valence-corrected chi connectivity index (χ0v) is 16.4. The Morgan fingerprint density at radius 1 is 1.37 bits per heavy atom. The zero-order valence-electron chi connectivity index (χ0n) is 16.4. The van der Waals surface area contributed by atoms with E-state index in [9.17, 15) is 4.79 Å². The van der Waals surface area contributed by atoms with E-state index in [0.717, 1.165) is 19.3 Å². The summed E-state index contributed by atoms with van der Waals surface area (Å²) < 4.78 is 12.9. The van der Waals surface area contributed by atoms with E-state index in [1.54, 1.807) is 16.9 Å². The van der Waals surface area contributed by atoms with Crippen LogP contribution < -0.4 is 0 Å². The topological polar surface area (TPSA) is 86.3 Å². The van der Waals surface area contributed by atoms with Gasteiger partial charge in [0, 0.05) is 38.7 Å². The highest BCUT2D eigenvalue weighted by Crippen LogP contribution is 2.17. The predicted molar refractivity (Wildman–Crippen MR) is 99.3 cm³/mol. The monoisotopic (exact) mass is 375 g/mol. The van der Waals surface area contributed by atoms with Crippen LogP contribution in [0.2, 0.25) is 0 Å². The molecule has 1 amide bonds. The minimum Gasteiger partial charge on any atom is -0.378 e. The molecule has 2 aromatic rings. The Morgan fingerprint density at radius 2 is 2.15 bits per heavy atom. The molecule has 27 heavy (non-hydrogen) atoms. The average Bonchev–Trinajstić information content (AvgIpc) is 3.30. The van der Waals surface area contributed by atoms with Crippen molar-refractivity contribution in [1.29, 1.82) is 0 Å². The van der Waals surface area contributed by atoms with Gasteiger partial charge in [-0.3, -0.25) is 9.48 Å². The lowest BCUT2D eigenvalue weighted by molar-refractivity contribution is 0.00915. The van der Waals surface area contributed by atoms with E-state index >= 15 is 0 Å². The van der Waals surface area contributed by atoms with Gasteiger partial charge in [0.05, 0.1) is 12.7 Å². The number of carbonyl (C=O) groups is 1. The molecule has 0 radical (unpaired) electrons. The minimum atomic E-state index is 0.0530. The summed E-state index contributed by atoms with van der Waals surface area (Å²) in [6.07, 6.45) is 4.99. The molecule has 0 atom stereocenters. The third-order valence-corrected chi connectivity index (χ3v) is 4.74. The maximum absolute atomic E-state index is 12.6. The summed E-state index contributed by atoms with van der Waals surface area (Å²) in [5.74, 6) is 1.94. The molecule has 0 unspecified atom stereocenters. The van der Waals surface area contributed by atoms with Gasteiger partial charge in [-0.25, -0.2) is 0 Å². The van der Waals surface area contributed by atoms with Crippen molar-refractivity contribution in [3.63, 3.8) is 0 Å². The molecule has 8 nitrogen and oxygen atoms in total. The van der Waals surface area contributed by atoms with E-state index in [4.69, 9.17) is 9.26 Å². The number of hydrogen-bond donors (Lipinski definition) is 0. The molecule has 1 saturated heterocycles. The molecule has 0 spiro atoms. The lowest BCUT2D eigenvalue weighted by atomic mass is 10.1. The number of likely N-dealkylation sites (tertiary alicyclic amines) is 1. The summed E-state index contributed by atoms with van der Waals surface area (Å²) in [7, 11) is 0. The molecule has 3 rings (SSSR count). The third kappa shape index (κ3) is 5.15. The summed E-state index contributed by atoms with van der Waals surface area (Å²) in [5, 5.41) is 8.18. The fourth-order valence-corrected chi connectivity index (χ4v) is 3.29. The molecule has 8 heteroatoms. The van der Waals surface area contributed by atoms with Crippen LogP contribution in [0.4, 0.5) is 0 Å². The maximum atomic E-state index is 12.6. The van der Waals surface area contributed by atoms with Crippen molar-refractivity contribution in [3.8, 4) is 0 Å². The van der Waals surface area contributed by atoms with Gasteiger partial charge in [0.2, 0.25) is 5.89 Å².